The molecule has 0 unspecified atom stereocenters. The molecular weight excluding hydrogens is 204 g/mol. The minimum Gasteiger partial charge on any atom is -0.394 e. The summed E-state index contributed by atoms with van der Waals surface area (Å²) in [6, 6.07) is 0. The van der Waals surface area contributed by atoms with Crippen LogP contribution < -0.4 is 0 Å². The Morgan fingerprint density at radius 2 is 1.47 bits per heavy atom. The normalized spacial score (nSPS) is 10.0. The molecule has 0 aromatic carbocycles. The molecule has 0 radical (unpaired) electrons. The summed E-state index contributed by atoms with van der Waals surface area (Å²) in [6.45, 7) is 3.63. The van der Waals surface area contributed by atoms with Crippen LogP contribution in [0, 0.1) is 0 Å². The Hall–Kier alpha value is -0.240. The van der Waals surface area contributed by atoms with E-state index in [0.717, 1.165) is 6.61 Å². The van der Waals surface area contributed by atoms with Crippen molar-refractivity contribution >= 4 is 0 Å². The van der Waals surface area contributed by atoms with E-state index in [1.54, 1.807) is 0 Å². The van der Waals surface area contributed by atoms with Crippen LogP contribution in [0.4, 0.5) is 0 Å². The topological polar surface area (TPSA) is 99.4 Å². The Morgan fingerprint density at radius 3 is 1.80 bits per heavy atom. The Morgan fingerprint density at radius 1 is 0.933 bits per heavy atom. The van der Waals surface area contributed by atoms with Crippen molar-refractivity contribution in [3.63, 3.8) is 0 Å². The molecule has 0 rings (SSSR count). The average Bonchev–Trinajstić information content (AvgIpc) is 2.29. The highest BCUT2D eigenvalue weighted by Crippen LogP contribution is 1.76. The van der Waals surface area contributed by atoms with Gasteiger partial charge in [0.25, 0.3) is 0 Å². The van der Waals surface area contributed by atoms with E-state index in [9.17, 15) is 0 Å². The standard InChI is InChI=1S/C6H14O3.C3H8O3/c1-2-8-5-6-9-4-3-7;4-1-3(6)2-5/h7H,2-6H2,1H3;3-6H,1-2H2. The fraction of sp³-hybridized carbons (Fsp3) is 1.00. The molecule has 0 atom stereocenters. The molecule has 15 heavy (non-hydrogen) atoms. The maximum Gasteiger partial charge on any atom is 0.100 e. The number of rotatable bonds is 8. The molecule has 0 saturated carbocycles. The molecule has 94 valence electrons. The van der Waals surface area contributed by atoms with Crippen LogP contribution in [0.1, 0.15) is 6.92 Å². The van der Waals surface area contributed by atoms with Gasteiger partial charge in [0.15, 0.2) is 0 Å². The third-order valence-electron chi connectivity index (χ3n) is 1.23. The van der Waals surface area contributed by atoms with Gasteiger partial charge in [-0.05, 0) is 6.92 Å². The molecular formula is C9H22O6. The van der Waals surface area contributed by atoms with E-state index < -0.39 is 6.10 Å². The molecule has 0 aliphatic carbocycles. The van der Waals surface area contributed by atoms with E-state index in [4.69, 9.17) is 29.9 Å². The van der Waals surface area contributed by atoms with E-state index in [0.29, 0.717) is 19.8 Å². The molecule has 0 aromatic heterocycles. The lowest BCUT2D eigenvalue weighted by atomic mass is 10.4. The predicted octanol–water partition coefficient (Wildman–Crippen LogP) is -1.64. The zero-order valence-electron chi connectivity index (χ0n) is 9.13. The van der Waals surface area contributed by atoms with Crippen LogP contribution in [0.3, 0.4) is 0 Å². The second-order valence-corrected chi connectivity index (χ2v) is 2.55. The van der Waals surface area contributed by atoms with Crippen LogP contribution >= 0.6 is 0 Å². The van der Waals surface area contributed by atoms with Crippen LogP contribution in [0.2, 0.25) is 0 Å². The smallest absolute Gasteiger partial charge is 0.100 e. The van der Waals surface area contributed by atoms with Crippen LogP contribution in [0.5, 0.6) is 0 Å². The van der Waals surface area contributed by atoms with E-state index >= 15 is 0 Å². The van der Waals surface area contributed by atoms with Crippen molar-refractivity contribution in [1.82, 2.24) is 0 Å². The predicted molar refractivity (Wildman–Crippen MR) is 54.6 cm³/mol. The van der Waals surface area contributed by atoms with E-state index in [1.165, 1.54) is 0 Å². The van der Waals surface area contributed by atoms with Gasteiger partial charge in [0.2, 0.25) is 0 Å². The third-order valence-corrected chi connectivity index (χ3v) is 1.23. The molecule has 0 fully saturated rings. The molecule has 0 heterocycles. The summed E-state index contributed by atoms with van der Waals surface area (Å²) in [7, 11) is 0. The molecule has 6 nitrogen and oxygen atoms in total. The van der Waals surface area contributed by atoms with Crippen molar-refractivity contribution in [2.45, 2.75) is 13.0 Å². The maximum absolute atomic E-state index is 8.26. The quantitative estimate of drug-likeness (QED) is 0.371. The van der Waals surface area contributed by atoms with Gasteiger partial charge in [-0.15, -0.1) is 0 Å². The summed E-state index contributed by atoms with van der Waals surface area (Å²) in [5, 5.41) is 32.3. The molecule has 0 spiro atoms. The fourth-order valence-electron chi connectivity index (χ4n) is 0.487. The fourth-order valence-corrected chi connectivity index (χ4v) is 0.487. The first-order chi connectivity index (χ1) is 7.22. The number of aliphatic hydroxyl groups excluding tert-OH is 4. The minimum absolute atomic E-state index is 0.0894. The summed E-state index contributed by atoms with van der Waals surface area (Å²) < 4.78 is 9.88. The zero-order chi connectivity index (χ0) is 11.9. The highest BCUT2D eigenvalue weighted by atomic mass is 16.5. The second kappa shape index (κ2) is 16.2. The van der Waals surface area contributed by atoms with Gasteiger partial charge in [-0.3, -0.25) is 0 Å². The molecule has 0 bridgehead atoms. The van der Waals surface area contributed by atoms with E-state index in [-0.39, 0.29) is 19.8 Å². The molecule has 0 saturated heterocycles. The van der Waals surface area contributed by atoms with Gasteiger partial charge in [-0.25, -0.2) is 0 Å². The lowest BCUT2D eigenvalue weighted by molar-refractivity contribution is 0.0370. The molecule has 0 aromatic rings. The minimum atomic E-state index is -0.954. The Labute approximate surface area is 90.1 Å². The third kappa shape index (κ3) is 20.0. The summed E-state index contributed by atoms with van der Waals surface area (Å²) in [5.41, 5.74) is 0. The van der Waals surface area contributed by atoms with Crippen molar-refractivity contribution < 1.29 is 29.9 Å². The molecule has 0 aliphatic rings. The van der Waals surface area contributed by atoms with Crippen LogP contribution in [-0.4, -0.2) is 72.8 Å². The SMILES string of the molecule is CCOCCOCCO.OCC(O)CO. The monoisotopic (exact) mass is 226 g/mol. The number of hydrogen-bond donors (Lipinski definition) is 4. The van der Waals surface area contributed by atoms with Crippen molar-refractivity contribution in [1.29, 1.82) is 0 Å². The van der Waals surface area contributed by atoms with Crippen LogP contribution in [-0.2, 0) is 9.47 Å². The van der Waals surface area contributed by atoms with Gasteiger partial charge in [-0.2, -0.15) is 0 Å². The van der Waals surface area contributed by atoms with Gasteiger partial charge in [-0.1, -0.05) is 0 Å². The number of aliphatic hydroxyl groups is 4. The van der Waals surface area contributed by atoms with Gasteiger partial charge >= 0.3 is 0 Å². The maximum atomic E-state index is 8.26. The zero-order valence-corrected chi connectivity index (χ0v) is 9.13. The second-order valence-electron chi connectivity index (χ2n) is 2.55. The van der Waals surface area contributed by atoms with Gasteiger partial charge in [0.05, 0.1) is 39.6 Å². The first-order valence-electron chi connectivity index (χ1n) is 4.89. The summed E-state index contributed by atoms with van der Waals surface area (Å²) in [6.07, 6.45) is -0.954. The van der Waals surface area contributed by atoms with E-state index in [1.807, 2.05) is 6.92 Å². The van der Waals surface area contributed by atoms with Gasteiger partial charge < -0.3 is 29.9 Å². The lowest BCUT2D eigenvalue weighted by Gasteiger charge is -2.00. The largest absolute Gasteiger partial charge is 0.394 e. The summed E-state index contributed by atoms with van der Waals surface area (Å²) >= 11 is 0. The van der Waals surface area contributed by atoms with Crippen LogP contribution in [0.15, 0.2) is 0 Å². The summed E-state index contributed by atoms with van der Waals surface area (Å²) in [4.78, 5) is 0. The first-order valence-corrected chi connectivity index (χ1v) is 4.89. The Bertz CT molecular complexity index is 90.6. The van der Waals surface area contributed by atoms with Gasteiger partial charge in [0.1, 0.15) is 6.10 Å². The van der Waals surface area contributed by atoms with Crippen LogP contribution in [0.25, 0.3) is 0 Å². The average molecular weight is 226 g/mol. The molecule has 0 amide bonds. The Balaban J connectivity index is 0. The molecule has 0 aliphatic heterocycles. The van der Waals surface area contributed by atoms with Crippen molar-refractivity contribution in [2.24, 2.45) is 0 Å². The number of ether oxygens (including phenoxy) is 2. The lowest BCUT2D eigenvalue weighted by Crippen LogP contribution is -2.15. The van der Waals surface area contributed by atoms with Crippen molar-refractivity contribution in [3.05, 3.63) is 0 Å². The Kier molecular flexibility index (Phi) is 18.5. The first kappa shape index (κ1) is 17.2. The van der Waals surface area contributed by atoms with Crippen molar-refractivity contribution in [2.75, 3.05) is 46.2 Å². The van der Waals surface area contributed by atoms with E-state index in [2.05, 4.69) is 0 Å². The molecule has 6 heteroatoms. The number of hydrogen-bond acceptors (Lipinski definition) is 6. The van der Waals surface area contributed by atoms with Gasteiger partial charge in [0, 0.05) is 6.61 Å². The summed E-state index contributed by atoms with van der Waals surface area (Å²) in [5.74, 6) is 0. The highest BCUT2D eigenvalue weighted by molar-refractivity contribution is 4.44. The van der Waals surface area contributed by atoms with Crippen molar-refractivity contribution in [3.8, 4) is 0 Å². The highest BCUT2D eigenvalue weighted by Gasteiger charge is 1.93. The molecule has 4 N–H and O–H groups in total.